The van der Waals surface area contributed by atoms with Crippen molar-refractivity contribution in [1.82, 2.24) is 15.1 Å². The van der Waals surface area contributed by atoms with Gasteiger partial charge in [-0.2, -0.15) is 5.10 Å². The summed E-state index contributed by atoms with van der Waals surface area (Å²) >= 11 is 3.43. The number of aromatic nitrogens is 2. The van der Waals surface area contributed by atoms with Crippen LogP contribution in [0.4, 0.5) is 0 Å². The van der Waals surface area contributed by atoms with Crippen LogP contribution < -0.4 is 5.32 Å². The molecule has 0 radical (unpaired) electrons. The number of β-amino-alcohol motifs (C(OH)–C–C–N with tert-alkyl or cyclic N) is 1. The van der Waals surface area contributed by atoms with Gasteiger partial charge in [0, 0.05) is 26.1 Å². The molecule has 1 aliphatic heterocycles. The fraction of sp³-hybridized carbons (Fsp3) is 0.625. The second-order valence-corrected chi connectivity index (χ2v) is 4.19. The van der Waals surface area contributed by atoms with Crippen molar-refractivity contribution < 1.29 is 5.11 Å². The van der Waals surface area contributed by atoms with Crippen LogP contribution in [0.15, 0.2) is 10.7 Å². The van der Waals surface area contributed by atoms with Crippen LogP contribution in [0.3, 0.4) is 0 Å². The zero-order chi connectivity index (χ0) is 9.42. The van der Waals surface area contributed by atoms with E-state index >= 15 is 0 Å². The molecule has 1 aromatic rings. The molecule has 0 amide bonds. The maximum atomic E-state index is 9.69. The lowest BCUT2D eigenvalue weighted by atomic mass is 10.0. The van der Waals surface area contributed by atoms with Gasteiger partial charge in [-0.25, -0.2) is 0 Å². The largest absolute Gasteiger partial charge is 0.391 e. The summed E-state index contributed by atoms with van der Waals surface area (Å²) in [5, 5.41) is 17.0. The average Bonchev–Trinajstić information content (AvgIpc) is 2.60. The fourth-order valence-electron chi connectivity index (χ4n) is 1.78. The van der Waals surface area contributed by atoms with Crippen molar-refractivity contribution in [2.45, 2.75) is 12.0 Å². The van der Waals surface area contributed by atoms with E-state index in [1.807, 2.05) is 11.7 Å². The van der Waals surface area contributed by atoms with Crippen molar-refractivity contribution in [3.63, 3.8) is 0 Å². The van der Waals surface area contributed by atoms with Gasteiger partial charge in [0.2, 0.25) is 0 Å². The summed E-state index contributed by atoms with van der Waals surface area (Å²) in [7, 11) is 1.89. The van der Waals surface area contributed by atoms with Crippen molar-refractivity contribution >= 4 is 15.9 Å². The Hall–Kier alpha value is -0.390. The van der Waals surface area contributed by atoms with Gasteiger partial charge in [-0.3, -0.25) is 4.68 Å². The Bertz CT molecular complexity index is 293. The van der Waals surface area contributed by atoms with E-state index in [0.717, 1.165) is 16.7 Å². The Morgan fingerprint density at radius 2 is 2.46 bits per heavy atom. The third kappa shape index (κ3) is 1.51. The lowest BCUT2D eigenvalue weighted by molar-refractivity contribution is 0.174. The highest BCUT2D eigenvalue weighted by atomic mass is 79.9. The first-order chi connectivity index (χ1) is 6.20. The minimum absolute atomic E-state index is 0.155. The number of aliphatic hydroxyl groups excluding tert-OH is 1. The quantitative estimate of drug-likeness (QED) is 0.745. The van der Waals surface area contributed by atoms with Gasteiger partial charge in [0.1, 0.15) is 0 Å². The van der Waals surface area contributed by atoms with Crippen molar-refractivity contribution in [3.8, 4) is 0 Å². The average molecular weight is 246 g/mol. The van der Waals surface area contributed by atoms with E-state index in [1.165, 1.54) is 0 Å². The molecule has 0 spiro atoms. The number of nitrogens with one attached hydrogen (secondary N) is 1. The minimum Gasteiger partial charge on any atom is -0.391 e. The fourth-order valence-corrected chi connectivity index (χ4v) is 2.42. The van der Waals surface area contributed by atoms with Crippen molar-refractivity contribution in [2.75, 3.05) is 13.1 Å². The third-order valence-electron chi connectivity index (χ3n) is 2.47. The molecule has 2 rings (SSSR count). The molecule has 5 heteroatoms. The van der Waals surface area contributed by atoms with Gasteiger partial charge in [0.15, 0.2) is 0 Å². The number of aliphatic hydroxyl groups is 1. The van der Waals surface area contributed by atoms with E-state index in [0.29, 0.717) is 6.54 Å². The maximum absolute atomic E-state index is 9.69. The van der Waals surface area contributed by atoms with E-state index < -0.39 is 0 Å². The molecule has 2 heterocycles. The molecule has 4 nitrogen and oxygen atoms in total. The van der Waals surface area contributed by atoms with Crippen LogP contribution in [-0.4, -0.2) is 34.1 Å². The van der Waals surface area contributed by atoms with Gasteiger partial charge in [-0.05, 0) is 15.9 Å². The molecule has 0 saturated carbocycles. The first-order valence-electron chi connectivity index (χ1n) is 4.26. The first kappa shape index (κ1) is 9.18. The Labute approximate surface area is 85.1 Å². The minimum atomic E-state index is -0.299. The molecule has 0 aromatic carbocycles. The van der Waals surface area contributed by atoms with Crippen LogP contribution in [0.5, 0.6) is 0 Å². The molecule has 72 valence electrons. The van der Waals surface area contributed by atoms with Crippen LogP contribution in [0, 0.1) is 0 Å². The normalized spacial score (nSPS) is 28.2. The van der Waals surface area contributed by atoms with E-state index in [2.05, 4.69) is 26.3 Å². The smallest absolute Gasteiger partial charge is 0.0760 e. The number of hydrogen-bond acceptors (Lipinski definition) is 3. The van der Waals surface area contributed by atoms with Crippen LogP contribution in [0.2, 0.25) is 0 Å². The van der Waals surface area contributed by atoms with E-state index in [-0.39, 0.29) is 12.0 Å². The molecule has 0 aliphatic carbocycles. The summed E-state index contributed by atoms with van der Waals surface area (Å²) < 4.78 is 2.79. The second kappa shape index (κ2) is 3.40. The van der Waals surface area contributed by atoms with Crippen LogP contribution in [0.25, 0.3) is 0 Å². The van der Waals surface area contributed by atoms with E-state index in [1.54, 1.807) is 6.20 Å². The summed E-state index contributed by atoms with van der Waals surface area (Å²) in [6.45, 7) is 1.49. The molecule has 1 aromatic heterocycles. The van der Waals surface area contributed by atoms with Gasteiger partial charge >= 0.3 is 0 Å². The molecule has 2 unspecified atom stereocenters. The van der Waals surface area contributed by atoms with Gasteiger partial charge in [0.25, 0.3) is 0 Å². The molecular formula is C8H12BrN3O. The zero-order valence-electron chi connectivity index (χ0n) is 7.37. The Morgan fingerprint density at radius 3 is 2.92 bits per heavy atom. The summed E-state index contributed by atoms with van der Waals surface area (Å²) in [6.07, 6.45) is 1.46. The first-order valence-corrected chi connectivity index (χ1v) is 5.05. The van der Waals surface area contributed by atoms with E-state index in [4.69, 9.17) is 0 Å². The molecule has 2 N–H and O–H groups in total. The highest BCUT2D eigenvalue weighted by molar-refractivity contribution is 9.10. The topological polar surface area (TPSA) is 50.1 Å². The van der Waals surface area contributed by atoms with E-state index in [9.17, 15) is 5.11 Å². The second-order valence-electron chi connectivity index (χ2n) is 3.33. The van der Waals surface area contributed by atoms with Gasteiger partial charge in [0.05, 0.1) is 22.5 Å². The highest BCUT2D eigenvalue weighted by Gasteiger charge is 2.30. The molecule has 2 atom stereocenters. The third-order valence-corrected chi connectivity index (χ3v) is 3.08. The molecule has 1 fully saturated rings. The van der Waals surface area contributed by atoms with Crippen LogP contribution in [0.1, 0.15) is 11.6 Å². The number of hydrogen-bond donors (Lipinski definition) is 2. The molecular weight excluding hydrogens is 234 g/mol. The number of halogens is 1. The Morgan fingerprint density at radius 1 is 1.69 bits per heavy atom. The molecule has 1 aliphatic rings. The van der Waals surface area contributed by atoms with Crippen molar-refractivity contribution in [2.24, 2.45) is 7.05 Å². The lowest BCUT2D eigenvalue weighted by Gasteiger charge is -2.14. The maximum Gasteiger partial charge on any atom is 0.0760 e. The predicted molar refractivity (Wildman–Crippen MR) is 52.5 cm³/mol. The number of rotatable bonds is 1. The summed E-state index contributed by atoms with van der Waals surface area (Å²) in [6, 6.07) is 0. The standard InChI is InChI=1S/C8H12BrN3O/c1-12-8(6(9)3-11-12)5-2-10-4-7(5)13/h3,5,7,10,13H,2,4H2,1H3. The lowest BCUT2D eigenvalue weighted by Crippen LogP contribution is -2.19. The van der Waals surface area contributed by atoms with Crippen molar-refractivity contribution in [1.29, 1.82) is 0 Å². The number of nitrogens with zero attached hydrogens (tertiary/aromatic N) is 2. The monoisotopic (exact) mass is 245 g/mol. The van der Waals surface area contributed by atoms with Gasteiger partial charge in [-0.1, -0.05) is 0 Å². The predicted octanol–water partition coefficient (Wildman–Crippen LogP) is 0.230. The summed E-state index contributed by atoms with van der Waals surface area (Å²) in [5.74, 6) is 0.155. The van der Waals surface area contributed by atoms with Crippen molar-refractivity contribution in [3.05, 3.63) is 16.4 Å². The highest BCUT2D eigenvalue weighted by Crippen LogP contribution is 2.28. The Kier molecular flexibility index (Phi) is 2.40. The summed E-state index contributed by atoms with van der Waals surface area (Å²) in [4.78, 5) is 0. The van der Waals surface area contributed by atoms with Gasteiger partial charge in [-0.15, -0.1) is 0 Å². The van der Waals surface area contributed by atoms with Gasteiger partial charge < -0.3 is 10.4 Å². The Balaban J connectivity index is 2.33. The SMILES string of the molecule is Cn1ncc(Br)c1C1CNCC1O. The van der Waals surface area contributed by atoms with Crippen LogP contribution in [-0.2, 0) is 7.05 Å². The molecule has 1 saturated heterocycles. The molecule has 0 bridgehead atoms. The zero-order valence-corrected chi connectivity index (χ0v) is 8.95. The number of aryl methyl sites for hydroxylation is 1. The molecule has 13 heavy (non-hydrogen) atoms. The summed E-state index contributed by atoms with van der Waals surface area (Å²) in [5.41, 5.74) is 1.07. The van der Waals surface area contributed by atoms with Crippen LogP contribution >= 0.6 is 15.9 Å².